The lowest BCUT2D eigenvalue weighted by molar-refractivity contribution is -0.132. The molecule has 0 aromatic carbocycles. The van der Waals surface area contributed by atoms with Gasteiger partial charge >= 0.3 is 0 Å². The molecule has 2 saturated heterocycles. The summed E-state index contributed by atoms with van der Waals surface area (Å²) in [5.74, 6) is 0.959. The number of hydrogen-bond acceptors (Lipinski definition) is 5. The van der Waals surface area contributed by atoms with Crippen LogP contribution in [0.15, 0.2) is 17.5 Å². The highest BCUT2D eigenvalue weighted by Gasteiger charge is 2.44. The number of amides is 1. The first-order valence-electron chi connectivity index (χ1n) is 9.83. The standard InChI is InChI=1S/C20H32N2O3S/c1-3-15-11-22(20(24)10-17-7-5-9-26-17)19(13-23)18(15)12-21-8-4-6-16(21)14-25-2/h5,7,9,15-16,18-19,23H,3-4,6,8,10-14H2,1-2H3/t15-,16-,18-,19-/m1/s1. The van der Waals surface area contributed by atoms with E-state index in [4.69, 9.17) is 4.74 Å². The van der Waals surface area contributed by atoms with Gasteiger partial charge in [0.25, 0.3) is 0 Å². The molecular weight excluding hydrogens is 348 g/mol. The van der Waals surface area contributed by atoms with Gasteiger partial charge in [-0.1, -0.05) is 19.4 Å². The maximum Gasteiger partial charge on any atom is 0.228 e. The zero-order valence-corrected chi connectivity index (χ0v) is 16.8. The molecule has 6 heteroatoms. The van der Waals surface area contributed by atoms with E-state index in [-0.39, 0.29) is 18.6 Å². The predicted octanol–water partition coefficient (Wildman–Crippen LogP) is 2.25. The number of likely N-dealkylation sites (tertiary alicyclic amines) is 2. The number of thiophene rings is 1. The zero-order chi connectivity index (χ0) is 18.5. The highest BCUT2D eigenvalue weighted by atomic mass is 32.1. The maximum absolute atomic E-state index is 12.9. The normalized spacial score (nSPS) is 29.6. The second-order valence-electron chi connectivity index (χ2n) is 7.63. The number of carbonyl (C=O) groups is 1. The first-order chi connectivity index (χ1) is 12.7. The maximum atomic E-state index is 12.9. The Balaban J connectivity index is 1.69. The molecule has 146 valence electrons. The number of methoxy groups -OCH3 is 1. The third-order valence-corrected chi connectivity index (χ3v) is 7.05. The predicted molar refractivity (Wildman–Crippen MR) is 104 cm³/mol. The second kappa shape index (κ2) is 9.31. The molecule has 0 radical (unpaired) electrons. The van der Waals surface area contributed by atoms with Crippen LogP contribution in [0.1, 0.15) is 31.1 Å². The van der Waals surface area contributed by atoms with Crippen LogP contribution >= 0.6 is 11.3 Å². The molecule has 0 spiro atoms. The Morgan fingerprint density at radius 2 is 2.31 bits per heavy atom. The van der Waals surface area contributed by atoms with E-state index in [1.807, 2.05) is 22.4 Å². The molecule has 4 atom stereocenters. The molecule has 1 N–H and O–H groups in total. The van der Waals surface area contributed by atoms with E-state index >= 15 is 0 Å². The molecule has 1 amide bonds. The molecule has 2 fully saturated rings. The first kappa shape index (κ1) is 19.8. The largest absolute Gasteiger partial charge is 0.394 e. The number of carbonyl (C=O) groups excluding carboxylic acids is 1. The smallest absolute Gasteiger partial charge is 0.228 e. The summed E-state index contributed by atoms with van der Waals surface area (Å²) in [6, 6.07) is 4.42. The van der Waals surface area contributed by atoms with E-state index in [0.717, 1.165) is 37.5 Å². The molecule has 5 nitrogen and oxygen atoms in total. The Morgan fingerprint density at radius 1 is 1.46 bits per heavy atom. The van der Waals surface area contributed by atoms with E-state index in [2.05, 4.69) is 11.8 Å². The second-order valence-corrected chi connectivity index (χ2v) is 8.66. The van der Waals surface area contributed by atoms with Gasteiger partial charge in [-0.25, -0.2) is 0 Å². The molecular formula is C20H32N2O3S. The lowest BCUT2D eigenvalue weighted by Crippen LogP contribution is -2.45. The fourth-order valence-electron chi connectivity index (χ4n) is 4.74. The summed E-state index contributed by atoms with van der Waals surface area (Å²) in [4.78, 5) is 18.5. The fourth-order valence-corrected chi connectivity index (χ4v) is 5.44. The van der Waals surface area contributed by atoms with Crippen LogP contribution < -0.4 is 0 Å². The Hall–Kier alpha value is -0.950. The molecule has 2 aliphatic rings. The monoisotopic (exact) mass is 380 g/mol. The van der Waals surface area contributed by atoms with Crippen LogP contribution in [0, 0.1) is 11.8 Å². The molecule has 0 unspecified atom stereocenters. The van der Waals surface area contributed by atoms with Crippen molar-refractivity contribution in [3.05, 3.63) is 22.4 Å². The summed E-state index contributed by atoms with van der Waals surface area (Å²) in [6.45, 7) is 5.87. The minimum atomic E-state index is -0.0591. The third kappa shape index (κ3) is 4.30. The van der Waals surface area contributed by atoms with Gasteiger partial charge in [0, 0.05) is 31.1 Å². The third-order valence-electron chi connectivity index (χ3n) is 6.17. The van der Waals surface area contributed by atoms with Crippen LogP contribution in [-0.2, 0) is 16.0 Å². The van der Waals surface area contributed by atoms with Crippen molar-refractivity contribution >= 4 is 17.2 Å². The van der Waals surface area contributed by atoms with E-state index in [9.17, 15) is 9.90 Å². The molecule has 0 aliphatic carbocycles. The number of ether oxygens (including phenoxy) is 1. The minimum Gasteiger partial charge on any atom is -0.394 e. The van der Waals surface area contributed by atoms with Crippen molar-refractivity contribution in [2.24, 2.45) is 11.8 Å². The van der Waals surface area contributed by atoms with Crippen molar-refractivity contribution in [2.75, 3.05) is 40.0 Å². The van der Waals surface area contributed by atoms with Gasteiger partial charge in [-0.15, -0.1) is 11.3 Å². The van der Waals surface area contributed by atoms with Gasteiger partial charge in [-0.3, -0.25) is 9.69 Å². The summed E-state index contributed by atoms with van der Waals surface area (Å²) in [6.07, 6.45) is 3.89. The average molecular weight is 381 g/mol. The van der Waals surface area contributed by atoms with Gasteiger partial charge in [0.2, 0.25) is 5.91 Å². The average Bonchev–Trinajstić information content (AvgIpc) is 3.36. The lowest BCUT2D eigenvalue weighted by Gasteiger charge is -2.32. The number of nitrogens with zero attached hydrogens (tertiary/aromatic N) is 2. The number of aliphatic hydroxyl groups is 1. The van der Waals surface area contributed by atoms with Crippen molar-refractivity contribution in [2.45, 2.75) is 44.7 Å². The molecule has 0 saturated carbocycles. The summed E-state index contributed by atoms with van der Waals surface area (Å²) in [7, 11) is 1.77. The molecule has 3 heterocycles. The Kier molecular flexibility index (Phi) is 7.09. The van der Waals surface area contributed by atoms with Crippen LogP contribution in [0.3, 0.4) is 0 Å². The van der Waals surface area contributed by atoms with Gasteiger partial charge in [0.05, 0.1) is 25.7 Å². The van der Waals surface area contributed by atoms with E-state index in [1.165, 1.54) is 12.8 Å². The number of rotatable bonds is 8. The van der Waals surface area contributed by atoms with Crippen molar-refractivity contribution < 1.29 is 14.6 Å². The van der Waals surface area contributed by atoms with Gasteiger partial charge < -0.3 is 14.7 Å². The van der Waals surface area contributed by atoms with Gasteiger partial charge in [0.15, 0.2) is 0 Å². The zero-order valence-electron chi connectivity index (χ0n) is 16.0. The number of aliphatic hydroxyl groups excluding tert-OH is 1. The molecule has 1 aromatic rings. The highest BCUT2D eigenvalue weighted by molar-refractivity contribution is 7.10. The van der Waals surface area contributed by atoms with Crippen molar-refractivity contribution in [1.29, 1.82) is 0 Å². The minimum absolute atomic E-state index is 0.0557. The van der Waals surface area contributed by atoms with Gasteiger partial charge in [0.1, 0.15) is 0 Å². The van der Waals surface area contributed by atoms with Crippen LogP contribution in [0.5, 0.6) is 0 Å². The Bertz CT molecular complexity index is 565. The fraction of sp³-hybridized carbons (Fsp3) is 0.750. The van der Waals surface area contributed by atoms with Crippen LogP contribution in [-0.4, -0.2) is 72.9 Å². The number of hydrogen-bond donors (Lipinski definition) is 1. The summed E-state index contributed by atoms with van der Waals surface area (Å²) in [5.41, 5.74) is 0. The molecule has 1 aromatic heterocycles. The van der Waals surface area contributed by atoms with Gasteiger partial charge in [-0.2, -0.15) is 0 Å². The van der Waals surface area contributed by atoms with Crippen molar-refractivity contribution in [3.8, 4) is 0 Å². The van der Waals surface area contributed by atoms with Crippen LogP contribution in [0.2, 0.25) is 0 Å². The SMILES string of the molecule is CC[C@@H]1CN(C(=O)Cc2cccs2)[C@H](CO)[C@@H]1CN1CCC[C@@H]1COC. The lowest BCUT2D eigenvalue weighted by atomic mass is 9.88. The molecule has 26 heavy (non-hydrogen) atoms. The summed E-state index contributed by atoms with van der Waals surface area (Å²) in [5, 5.41) is 12.1. The van der Waals surface area contributed by atoms with E-state index in [0.29, 0.717) is 24.3 Å². The highest BCUT2D eigenvalue weighted by Crippen LogP contribution is 2.35. The molecule has 0 bridgehead atoms. The molecule has 3 rings (SSSR count). The van der Waals surface area contributed by atoms with Crippen molar-refractivity contribution in [1.82, 2.24) is 9.80 Å². The Labute approximate surface area is 160 Å². The first-order valence-corrected chi connectivity index (χ1v) is 10.7. The quantitative estimate of drug-likeness (QED) is 0.752. The summed E-state index contributed by atoms with van der Waals surface area (Å²) < 4.78 is 5.39. The van der Waals surface area contributed by atoms with E-state index < -0.39 is 0 Å². The summed E-state index contributed by atoms with van der Waals surface area (Å²) >= 11 is 1.63. The Morgan fingerprint density at radius 3 is 2.96 bits per heavy atom. The van der Waals surface area contributed by atoms with Crippen LogP contribution in [0.4, 0.5) is 0 Å². The van der Waals surface area contributed by atoms with Gasteiger partial charge in [-0.05, 0) is 42.7 Å². The topological polar surface area (TPSA) is 53.0 Å². The van der Waals surface area contributed by atoms with Crippen molar-refractivity contribution in [3.63, 3.8) is 0 Å². The van der Waals surface area contributed by atoms with E-state index in [1.54, 1.807) is 18.4 Å². The van der Waals surface area contributed by atoms with Crippen LogP contribution in [0.25, 0.3) is 0 Å². The molecule has 2 aliphatic heterocycles.